The number of ether oxygens (including phenoxy) is 1. The first-order valence-corrected chi connectivity index (χ1v) is 4.75. The van der Waals surface area contributed by atoms with E-state index in [2.05, 4.69) is 20.8 Å². The predicted molar refractivity (Wildman–Crippen MR) is 49.9 cm³/mol. The minimum atomic E-state index is -0.162. The Hall–Kier alpha value is -0.530. The normalized spacial score (nSPS) is 13.1. The van der Waals surface area contributed by atoms with Crippen molar-refractivity contribution in [2.75, 3.05) is 0 Å². The van der Waals surface area contributed by atoms with Crippen molar-refractivity contribution in [2.45, 2.75) is 53.1 Å². The molecule has 72 valence electrons. The topological polar surface area (TPSA) is 26.3 Å². The van der Waals surface area contributed by atoms with Crippen molar-refractivity contribution in [3.63, 3.8) is 0 Å². The highest BCUT2D eigenvalue weighted by atomic mass is 16.5. The van der Waals surface area contributed by atoms with E-state index in [0.29, 0.717) is 5.92 Å². The van der Waals surface area contributed by atoms with E-state index in [4.69, 9.17) is 4.74 Å². The van der Waals surface area contributed by atoms with Crippen LogP contribution in [-0.2, 0) is 9.53 Å². The lowest BCUT2D eigenvalue weighted by atomic mass is 10.0. The Balaban J connectivity index is 3.78. The fraction of sp³-hybridized carbons (Fsp3) is 0.900. The SMILES string of the molecule is CCCCC(OC(C)=O)C(C)C. The standard InChI is InChI=1S/C10H20O2/c1-5-6-7-10(8(2)3)12-9(4)11/h8,10H,5-7H2,1-4H3. The van der Waals surface area contributed by atoms with E-state index >= 15 is 0 Å². The molecule has 0 aromatic heterocycles. The molecular weight excluding hydrogens is 152 g/mol. The van der Waals surface area contributed by atoms with Crippen LogP contribution in [0.25, 0.3) is 0 Å². The number of esters is 1. The van der Waals surface area contributed by atoms with E-state index in [1.807, 2.05) is 0 Å². The van der Waals surface area contributed by atoms with Crippen molar-refractivity contribution in [2.24, 2.45) is 5.92 Å². The third-order valence-corrected chi connectivity index (χ3v) is 1.90. The molecule has 0 aliphatic carbocycles. The number of unbranched alkanes of at least 4 members (excludes halogenated alkanes) is 1. The average molecular weight is 172 g/mol. The summed E-state index contributed by atoms with van der Waals surface area (Å²) in [5.74, 6) is 0.269. The first kappa shape index (κ1) is 11.5. The molecule has 2 heteroatoms. The summed E-state index contributed by atoms with van der Waals surface area (Å²) in [7, 11) is 0. The van der Waals surface area contributed by atoms with Crippen LogP contribution in [0.1, 0.15) is 47.0 Å². The molecule has 1 unspecified atom stereocenters. The molecule has 0 aromatic carbocycles. The van der Waals surface area contributed by atoms with Gasteiger partial charge in [0.2, 0.25) is 0 Å². The van der Waals surface area contributed by atoms with Gasteiger partial charge in [-0.05, 0) is 12.3 Å². The molecule has 0 aliphatic heterocycles. The number of carbonyl (C=O) groups excluding carboxylic acids is 1. The molecule has 0 fully saturated rings. The number of rotatable bonds is 5. The van der Waals surface area contributed by atoms with Gasteiger partial charge in [0.25, 0.3) is 0 Å². The lowest BCUT2D eigenvalue weighted by molar-refractivity contribution is -0.148. The molecule has 0 amide bonds. The van der Waals surface area contributed by atoms with Crippen LogP contribution in [0.15, 0.2) is 0 Å². The van der Waals surface area contributed by atoms with E-state index < -0.39 is 0 Å². The Morgan fingerprint density at radius 2 is 2.00 bits per heavy atom. The zero-order chi connectivity index (χ0) is 9.56. The molecule has 0 aliphatic rings. The molecule has 0 radical (unpaired) electrons. The van der Waals surface area contributed by atoms with Gasteiger partial charge in [-0.2, -0.15) is 0 Å². The van der Waals surface area contributed by atoms with Gasteiger partial charge in [0.05, 0.1) is 0 Å². The van der Waals surface area contributed by atoms with E-state index in [1.54, 1.807) is 0 Å². The number of hydrogen-bond donors (Lipinski definition) is 0. The summed E-state index contributed by atoms with van der Waals surface area (Å²) < 4.78 is 5.17. The number of carbonyl (C=O) groups is 1. The molecule has 0 aromatic rings. The smallest absolute Gasteiger partial charge is 0.302 e. The highest BCUT2D eigenvalue weighted by molar-refractivity contribution is 5.66. The first-order valence-electron chi connectivity index (χ1n) is 4.75. The van der Waals surface area contributed by atoms with Crippen LogP contribution in [0.5, 0.6) is 0 Å². The van der Waals surface area contributed by atoms with Crippen LogP contribution in [0.4, 0.5) is 0 Å². The zero-order valence-corrected chi connectivity index (χ0v) is 8.59. The van der Waals surface area contributed by atoms with Gasteiger partial charge in [0, 0.05) is 6.92 Å². The Morgan fingerprint density at radius 3 is 2.33 bits per heavy atom. The van der Waals surface area contributed by atoms with E-state index in [1.165, 1.54) is 6.92 Å². The van der Waals surface area contributed by atoms with Crippen LogP contribution >= 0.6 is 0 Å². The van der Waals surface area contributed by atoms with Crippen molar-refractivity contribution < 1.29 is 9.53 Å². The van der Waals surface area contributed by atoms with Gasteiger partial charge in [-0.15, -0.1) is 0 Å². The minimum Gasteiger partial charge on any atom is -0.462 e. The molecule has 2 nitrogen and oxygen atoms in total. The van der Waals surface area contributed by atoms with E-state index in [-0.39, 0.29) is 12.1 Å². The molecular formula is C10H20O2. The molecule has 1 atom stereocenters. The third-order valence-electron chi connectivity index (χ3n) is 1.90. The minimum absolute atomic E-state index is 0.113. The summed E-state index contributed by atoms with van der Waals surface area (Å²) >= 11 is 0. The Bertz CT molecular complexity index is 130. The predicted octanol–water partition coefficient (Wildman–Crippen LogP) is 2.76. The quantitative estimate of drug-likeness (QED) is 0.596. The van der Waals surface area contributed by atoms with Gasteiger partial charge < -0.3 is 4.74 Å². The van der Waals surface area contributed by atoms with E-state index in [9.17, 15) is 4.79 Å². The van der Waals surface area contributed by atoms with Crippen LogP contribution in [0.2, 0.25) is 0 Å². The van der Waals surface area contributed by atoms with Crippen molar-refractivity contribution >= 4 is 5.97 Å². The second kappa shape index (κ2) is 6.04. The molecule has 0 spiro atoms. The van der Waals surface area contributed by atoms with Crippen molar-refractivity contribution in [1.82, 2.24) is 0 Å². The van der Waals surface area contributed by atoms with Gasteiger partial charge in [0.1, 0.15) is 6.10 Å². The van der Waals surface area contributed by atoms with Crippen molar-refractivity contribution in [3.05, 3.63) is 0 Å². The molecule has 0 bridgehead atoms. The van der Waals surface area contributed by atoms with Crippen molar-refractivity contribution in [1.29, 1.82) is 0 Å². The van der Waals surface area contributed by atoms with Crippen molar-refractivity contribution in [3.8, 4) is 0 Å². The van der Waals surface area contributed by atoms with Crippen LogP contribution in [0, 0.1) is 5.92 Å². The number of hydrogen-bond acceptors (Lipinski definition) is 2. The summed E-state index contributed by atoms with van der Waals surface area (Å²) in [5.41, 5.74) is 0. The Kier molecular flexibility index (Phi) is 5.77. The zero-order valence-electron chi connectivity index (χ0n) is 8.59. The van der Waals surface area contributed by atoms with Crippen LogP contribution in [-0.4, -0.2) is 12.1 Å². The largest absolute Gasteiger partial charge is 0.462 e. The second-order valence-corrected chi connectivity index (χ2v) is 3.53. The van der Waals surface area contributed by atoms with E-state index in [0.717, 1.165) is 19.3 Å². The van der Waals surface area contributed by atoms with Crippen LogP contribution in [0.3, 0.4) is 0 Å². The fourth-order valence-electron chi connectivity index (χ4n) is 1.15. The van der Waals surface area contributed by atoms with Gasteiger partial charge in [-0.3, -0.25) is 4.79 Å². The van der Waals surface area contributed by atoms with Crippen LogP contribution < -0.4 is 0 Å². The fourth-order valence-corrected chi connectivity index (χ4v) is 1.15. The monoisotopic (exact) mass is 172 g/mol. The molecule has 12 heavy (non-hydrogen) atoms. The Labute approximate surface area is 75.3 Å². The maximum Gasteiger partial charge on any atom is 0.302 e. The maximum atomic E-state index is 10.7. The summed E-state index contributed by atoms with van der Waals surface area (Å²) in [4.78, 5) is 10.7. The molecule has 0 rings (SSSR count). The first-order chi connectivity index (χ1) is 5.57. The summed E-state index contributed by atoms with van der Waals surface area (Å²) in [6, 6.07) is 0. The summed E-state index contributed by atoms with van der Waals surface area (Å²) in [6.07, 6.45) is 3.40. The summed E-state index contributed by atoms with van der Waals surface area (Å²) in [5, 5.41) is 0. The maximum absolute atomic E-state index is 10.7. The van der Waals surface area contributed by atoms with Gasteiger partial charge in [-0.25, -0.2) is 0 Å². The average Bonchev–Trinajstić information content (AvgIpc) is 1.96. The van der Waals surface area contributed by atoms with Gasteiger partial charge in [0.15, 0.2) is 0 Å². The highest BCUT2D eigenvalue weighted by Crippen LogP contribution is 2.14. The van der Waals surface area contributed by atoms with Gasteiger partial charge >= 0.3 is 5.97 Å². The van der Waals surface area contributed by atoms with Gasteiger partial charge in [-0.1, -0.05) is 33.6 Å². The lowest BCUT2D eigenvalue weighted by Gasteiger charge is -2.20. The molecule has 0 saturated carbocycles. The second-order valence-electron chi connectivity index (χ2n) is 3.53. The highest BCUT2D eigenvalue weighted by Gasteiger charge is 2.14. The summed E-state index contributed by atoms with van der Waals surface area (Å²) in [6.45, 7) is 7.79. The molecule has 0 saturated heterocycles. The lowest BCUT2D eigenvalue weighted by Crippen LogP contribution is -2.22. The molecule has 0 N–H and O–H groups in total. The molecule has 0 heterocycles. The Morgan fingerprint density at radius 1 is 1.42 bits per heavy atom. The third kappa shape index (κ3) is 5.16.